The summed E-state index contributed by atoms with van der Waals surface area (Å²) >= 11 is 0. The molecule has 0 bridgehead atoms. The fourth-order valence-corrected chi connectivity index (χ4v) is 3.72. The fraction of sp³-hybridized carbons (Fsp3) is 0.864. The zero-order valence-electron chi connectivity index (χ0n) is 16.8. The van der Waals surface area contributed by atoms with E-state index in [0.717, 1.165) is 17.6 Å². The molecule has 25 heavy (non-hydrogen) atoms. The Morgan fingerprint density at radius 2 is 1.16 bits per heavy atom. The van der Waals surface area contributed by atoms with Crippen molar-refractivity contribution < 1.29 is 9.59 Å². The smallest absolute Gasteiger partial charge is 0.194 e. The third-order valence-corrected chi connectivity index (χ3v) is 5.44. The van der Waals surface area contributed by atoms with E-state index < -0.39 is 0 Å². The SMILES string of the molecule is CCCCCCCCCCCCCCCCC[N+]1(CCO)C=CN=C1. The summed E-state index contributed by atoms with van der Waals surface area (Å²) in [6.45, 7) is 4.36. The lowest BCUT2D eigenvalue weighted by Crippen LogP contribution is -2.42. The van der Waals surface area contributed by atoms with Gasteiger partial charge in [0, 0.05) is 0 Å². The molecule has 0 aromatic heterocycles. The first kappa shape index (κ1) is 22.4. The number of aliphatic imine (C=N–C) groups is 1. The first-order valence-electron chi connectivity index (χ1n) is 11.0. The van der Waals surface area contributed by atoms with Gasteiger partial charge in [0.05, 0.1) is 19.4 Å². The lowest BCUT2D eigenvalue weighted by atomic mass is 10.0. The molecule has 0 radical (unpaired) electrons. The van der Waals surface area contributed by atoms with Crippen LogP contribution in [-0.4, -0.2) is 35.6 Å². The number of nitrogens with zero attached hydrogens (tertiary/aromatic N) is 2. The summed E-state index contributed by atoms with van der Waals surface area (Å²) in [6, 6.07) is 0. The summed E-state index contributed by atoms with van der Waals surface area (Å²) in [4.78, 5) is 4.20. The maximum absolute atomic E-state index is 9.21. The van der Waals surface area contributed by atoms with E-state index in [-0.39, 0.29) is 6.61 Å². The Kier molecular flexibility index (Phi) is 13.9. The van der Waals surface area contributed by atoms with Crippen molar-refractivity contribution in [2.75, 3.05) is 19.7 Å². The van der Waals surface area contributed by atoms with Crippen molar-refractivity contribution in [2.24, 2.45) is 4.99 Å². The van der Waals surface area contributed by atoms with Crippen molar-refractivity contribution >= 4 is 6.34 Å². The van der Waals surface area contributed by atoms with E-state index in [1.165, 1.54) is 96.3 Å². The Bertz CT molecular complexity index is 340. The topological polar surface area (TPSA) is 32.6 Å². The van der Waals surface area contributed by atoms with Gasteiger partial charge in [-0.3, -0.25) is 4.48 Å². The third-order valence-electron chi connectivity index (χ3n) is 5.44. The van der Waals surface area contributed by atoms with E-state index >= 15 is 0 Å². The molecule has 0 fully saturated rings. The molecule has 0 aromatic carbocycles. The second-order valence-electron chi connectivity index (χ2n) is 7.79. The summed E-state index contributed by atoms with van der Waals surface area (Å²) in [6.07, 6.45) is 27.0. The van der Waals surface area contributed by atoms with Crippen LogP contribution in [0.1, 0.15) is 103 Å². The molecule has 1 aliphatic rings. The minimum Gasteiger partial charge on any atom is -0.390 e. The minimum absolute atomic E-state index is 0.231. The van der Waals surface area contributed by atoms with Gasteiger partial charge < -0.3 is 5.11 Å². The molecule has 0 spiro atoms. The van der Waals surface area contributed by atoms with Gasteiger partial charge in [-0.25, -0.2) is 4.99 Å². The summed E-state index contributed by atoms with van der Waals surface area (Å²) in [5.74, 6) is 0. The average molecular weight is 352 g/mol. The van der Waals surface area contributed by atoms with Crippen LogP contribution in [0, 0.1) is 0 Å². The molecule has 1 aliphatic heterocycles. The highest BCUT2D eigenvalue weighted by molar-refractivity contribution is 5.50. The number of rotatable bonds is 18. The van der Waals surface area contributed by atoms with E-state index in [4.69, 9.17) is 0 Å². The molecule has 3 heteroatoms. The van der Waals surface area contributed by atoms with E-state index in [1.54, 1.807) is 0 Å². The zero-order valence-corrected chi connectivity index (χ0v) is 16.8. The minimum atomic E-state index is 0.231. The first-order chi connectivity index (χ1) is 12.3. The van der Waals surface area contributed by atoms with Crippen LogP contribution >= 0.6 is 0 Å². The van der Waals surface area contributed by atoms with E-state index in [2.05, 4.69) is 18.1 Å². The van der Waals surface area contributed by atoms with Crippen LogP contribution in [0.2, 0.25) is 0 Å². The number of aliphatic hydroxyl groups excluding tert-OH is 1. The van der Waals surface area contributed by atoms with E-state index in [0.29, 0.717) is 0 Å². The number of quaternary nitrogens is 1. The van der Waals surface area contributed by atoms with Crippen LogP contribution < -0.4 is 0 Å². The highest BCUT2D eigenvalue weighted by Crippen LogP contribution is 2.16. The zero-order chi connectivity index (χ0) is 18.1. The molecule has 1 rings (SSSR count). The van der Waals surface area contributed by atoms with Crippen LogP contribution in [0.25, 0.3) is 0 Å². The van der Waals surface area contributed by atoms with Crippen LogP contribution in [0.15, 0.2) is 17.4 Å². The standard InChI is InChI=1S/C22H43N2O/c1-2-3-4-5-6-7-8-9-10-11-12-13-14-15-16-18-24(20-21-25)19-17-23-22-24/h17,19,22,25H,2-16,18,20-21H2,1H3/q+1. The number of hydrogen-bond acceptors (Lipinski definition) is 2. The van der Waals surface area contributed by atoms with E-state index in [9.17, 15) is 5.11 Å². The van der Waals surface area contributed by atoms with Gasteiger partial charge in [-0.2, -0.15) is 0 Å². The van der Waals surface area contributed by atoms with Gasteiger partial charge in [0.1, 0.15) is 12.7 Å². The van der Waals surface area contributed by atoms with Crippen LogP contribution in [0.5, 0.6) is 0 Å². The molecule has 3 nitrogen and oxygen atoms in total. The molecule has 146 valence electrons. The molecule has 1 heterocycles. The summed E-state index contributed by atoms with van der Waals surface area (Å²) in [7, 11) is 0. The van der Waals surface area contributed by atoms with Gasteiger partial charge in [0.25, 0.3) is 0 Å². The highest BCUT2D eigenvalue weighted by atomic mass is 16.3. The predicted octanol–water partition coefficient (Wildman–Crippen LogP) is 6.18. The second-order valence-corrected chi connectivity index (χ2v) is 7.79. The summed E-state index contributed by atoms with van der Waals surface area (Å²) in [5, 5.41) is 9.21. The Labute approximate surface area is 156 Å². The Morgan fingerprint density at radius 1 is 0.680 bits per heavy atom. The second kappa shape index (κ2) is 15.6. The molecular formula is C22H43N2O+. The third kappa shape index (κ3) is 11.5. The van der Waals surface area contributed by atoms with E-state index in [1.807, 2.05) is 12.5 Å². The Morgan fingerprint density at radius 3 is 1.56 bits per heavy atom. The highest BCUT2D eigenvalue weighted by Gasteiger charge is 2.24. The Hall–Kier alpha value is -0.670. The van der Waals surface area contributed by atoms with Gasteiger partial charge >= 0.3 is 0 Å². The van der Waals surface area contributed by atoms with Gasteiger partial charge in [-0.05, 0) is 12.8 Å². The van der Waals surface area contributed by atoms with Crippen molar-refractivity contribution in [3.63, 3.8) is 0 Å². The number of aliphatic hydroxyl groups is 1. The summed E-state index contributed by atoms with van der Waals surface area (Å²) in [5.41, 5.74) is 0. The van der Waals surface area contributed by atoms with Gasteiger partial charge in [-0.1, -0.05) is 90.4 Å². The first-order valence-corrected chi connectivity index (χ1v) is 11.0. The quantitative estimate of drug-likeness (QED) is 0.232. The summed E-state index contributed by atoms with van der Waals surface area (Å²) < 4.78 is 0.745. The lowest BCUT2D eigenvalue weighted by Gasteiger charge is -2.26. The molecule has 0 aliphatic carbocycles. The molecule has 0 saturated carbocycles. The van der Waals surface area contributed by atoms with Crippen LogP contribution in [-0.2, 0) is 0 Å². The molecule has 1 unspecified atom stereocenters. The van der Waals surface area contributed by atoms with Crippen molar-refractivity contribution in [3.05, 3.63) is 12.4 Å². The molecule has 0 aromatic rings. The predicted molar refractivity (Wildman–Crippen MR) is 110 cm³/mol. The molecule has 1 N–H and O–H groups in total. The molecule has 0 saturated heterocycles. The van der Waals surface area contributed by atoms with Crippen LogP contribution in [0.4, 0.5) is 0 Å². The van der Waals surface area contributed by atoms with Gasteiger partial charge in [-0.15, -0.1) is 0 Å². The Balaban J connectivity index is 1.80. The van der Waals surface area contributed by atoms with Gasteiger partial charge in [0.2, 0.25) is 0 Å². The fourth-order valence-electron chi connectivity index (χ4n) is 3.72. The monoisotopic (exact) mass is 351 g/mol. The number of unbranched alkanes of at least 4 members (excludes halogenated alkanes) is 14. The largest absolute Gasteiger partial charge is 0.390 e. The molecular weight excluding hydrogens is 308 g/mol. The maximum atomic E-state index is 9.21. The van der Waals surface area contributed by atoms with Crippen molar-refractivity contribution in [2.45, 2.75) is 103 Å². The number of hydrogen-bond donors (Lipinski definition) is 1. The maximum Gasteiger partial charge on any atom is 0.194 e. The molecule has 0 amide bonds. The van der Waals surface area contributed by atoms with Crippen molar-refractivity contribution in [1.29, 1.82) is 0 Å². The lowest BCUT2D eigenvalue weighted by molar-refractivity contribution is -0.780. The van der Waals surface area contributed by atoms with Crippen molar-refractivity contribution in [3.8, 4) is 0 Å². The van der Waals surface area contributed by atoms with Crippen molar-refractivity contribution in [1.82, 2.24) is 0 Å². The molecule has 1 atom stereocenters. The van der Waals surface area contributed by atoms with Gasteiger partial charge in [0.15, 0.2) is 6.34 Å². The van der Waals surface area contributed by atoms with Crippen LogP contribution in [0.3, 0.4) is 0 Å². The normalized spacial score (nSPS) is 19.1. The average Bonchev–Trinajstić information content (AvgIpc) is 3.07.